The minimum atomic E-state index is -4.54. The highest BCUT2D eigenvalue weighted by atomic mass is 35.5. The Kier molecular flexibility index (Phi) is 7.47. The molecule has 0 radical (unpaired) electrons. The summed E-state index contributed by atoms with van der Waals surface area (Å²) in [6.07, 6.45) is -2.77. The van der Waals surface area contributed by atoms with Gasteiger partial charge in [-0.2, -0.15) is 18.2 Å². The van der Waals surface area contributed by atoms with Gasteiger partial charge >= 0.3 is 12.2 Å². The maximum absolute atomic E-state index is 13.6. The Morgan fingerprint density at radius 3 is 2.85 bits per heavy atom. The monoisotopic (exact) mass is 564 g/mol. The van der Waals surface area contributed by atoms with Gasteiger partial charge in [0.25, 0.3) is 0 Å². The summed E-state index contributed by atoms with van der Waals surface area (Å²) in [6, 6.07) is 6.92. The van der Waals surface area contributed by atoms with Crippen molar-refractivity contribution in [3.8, 4) is 17.1 Å². The molecule has 2 amide bonds. The van der Waals surface area contributed by atoms with Crippen molar-refractivity contribution < 1.29 is 32.9 Å². The first-order chi connectivity index (χ1) is 18.6. The van der Waals surface area contributed by atoms with Crippen LogP contribution in [0.4, 0.5) is 35.4 Å². The number of aliphatic hydroxyl groups is 2. The summed E-state index contributed by atoms with van der Waals surface area (Å²) in [5.74, 6) is 0.272. The van der Waals surface area contributed by atoms with Crippen LogP contribution in [0.3, 0.4) is 0 Å². The quantitative estimate of drug-likeness (QED) is 0.411. The fourth-order valence-corrected chi connectivity index (χ4v) is 4.87. The zero-order valence-electron chi connectivity index (χ0n) is 20.4. The van der Waals surface area contributed by atoms with E-state index in [0.29, 0.717) is 18.7 Å². The standard InChI is InChI=1S/C25H24ClF3N6O4/c26-18-10-19-22(32-21(18)14-3-1-4-15(9-14)25(27,28)29)35(16-5-2-8-34(19)11-16)24(38)33-23-30-7-6-20(31-23)39-13-17(37)12-36/h1,3-4,6-7,9-10,16-17,36-37H,2,5,8,11-13H2,(H,30,31,33,38)/t16-,17-/m0/s1. The van der Waals surface area contributed by atoms with Gasteiger partial charge in [-0.15, -0.1) is 0 Å². The van der Waals surface area contributed by atoms with Gasteiger partial charge < -0.3 is 19.8 Å². The largest absolute Gasteiger partial charge is 0.475 e. The van der Waals surface area contributed by atoms with E-state index in [1.807, 2.05) is 0 Å². The Morgan fingerprint density at radius 1 is 1.26 bits per heavy atom. The lowest BCUT2D eigenvalue weighted by Crippen LogP contribution is -2.56. The molecule has 0 aliphatic carbocycles. The third kappa shape index (κ3) is 5.70. The molecule has 3 N–H and O–H groups in total. The number of aromatic nitrogens is 3. The summed E-state index contributed by atoms with van der Waals surface area (Å²) in [5.41, 5.74) is 0.0472. The number of nitrogens with one attached hydrogen (secondary N) is 1. The van der Waals surface area contributed by atoms with E-state index in [0.717, 1.165) is 25.1 Å². The Hall–Kier alpha value is -3.68. The van der Waals surface area contributed by atoms with Gasteiger partial charge in [-0.3, -0.25) is 10.2 Å². The molecule has 2 aromatic heterocycles. The Labute approximate surface area is 226 Å². The molecule has 39 heavy (non-hydrogen) atoms. The topological polar surface area (TPSA) is 124 Å². The molecule has 0 unspecified atom stereocenters. The zero-order valence-corrected chi connectivity index (χ0v) is 21.2. The molecule has 2 aliphatic rings. The number of halogens is 4. The molecule has 2 bridgehead atoms. The molecule has 10 nitrogen and oxygen atoms in total. The fourth-order valence-electron chi connectivity index (χ4n) is 4.62. The summed E-state index contributed by atoms with van der Waals surface area (Å²) in [6.45, 7) is 0.564. The van der Waals surface area contributed by atoms with Crippen molar-refractivity contribution in [1.82, 2.24) is 15.0 Å². The average Bonchev–Trinajstić information content (AvgIpc) is 2.92. The van der Waals surface area contributed by atoms with Crippen LogP contribution in [-0.2, 0) is 6.18 Å². The van der Waals surface area contributed by atoms with Gasteiger partial charge in [-0.25, -0.2) is 14.8 Å². The number of fused-ring (bicyclic) bond motifs is 4. The summed E-state index contributed by atoms with van der Waals surface area (Å²) in [5, 5.41) is 21.2. The van der Waals surface area contributed by atoms with Gasteiger partial charge in [0.05, 0.1) is 34.6 Å². The van der Waals surface area contributed by atoms with E-state index in [2.05, 4.69) is 25.2 Å². The van der Waals surface area contributed by atoms with Crippen molar-refractivity contribution >= 4 is 35.1 Å². The maximum Gasteiger partial charge on any atom is 0.416 e. The fraction of sp³-hybridized carbons (Fsp3) is 0.360. The third-order valence-electron chi connectivity index (χ3n) is 6.43. The highest BCUT2D eigenvalue weighted by molar-refractivity contribution is 6.33. The van der Waals surface area contributed by atoms with Crippen LogP contribution < -0.4 is 19.9 Å². The van der Waals surface area contributed by atoms with Crippen LogP contribution in [-0.4, -0.2) is 69.6 Å². The molecule has 3 aromatic rings. The van der Waals surface area contributed by atoms with Crippen molar-refractivity contribution in [2.24, 2.45) is 0 Å². The smallest absolute Gasteiger partial charge is 0.416 e. The first kappa shape index (κ1) is 26.9. The summed E-state index contributed by atoms with van der Waals surface area (Å²) < 4.78 is 45.4. The van der Waals surface area contributed by atoms with Crippen LogP contribution in [0.25, 0.3) is 11.3 Å². The number of alkyl halides is 3. The van der Waals surface area contributed by atoms with Crippen LogP contribution in [0.1, 0.15) is 18.4 Å². The number of urea groups is 1. The molecule has 2 aliphatic heterocycles. The first-order valence-electron chi connectivity index (χ1n) is 12.1. The van der Waals surface area contributed by atoms with E-state index in [1.54, 1.807) is 6.07 Å². The van der Waals surface area contributed by atoms with E-state index < -0.39 is 30.5 Å². The lowest BCUT2D eigenvalue weighted by Gasteiger charge is -2.45. The second-order valence-electron chi connectivity index (χ2n) is 9.15. The molecule has 1 saturated heterocycles. The van der Waals surface area contributed by atoms with Crippen LogP contribution in [0.5, 0.6) is 5.88 Å². The summed E-state index contributed by atoms with van der Waals surface area (Å²) in [4.78, 5) is 29.9. The number of ether oxygens (including phenoxy) is 1. The van der Waals surface area contributed by atoms with Gasteiger partial charge in [0.2, 0.25) is 11.8 Å². The van der Waals surface area contributed by atoms with Crippen LogP contribution in [0, 0.1) is 0 Å². The predicted molar refractivity (Wildman–Crippen MR) is 137 cm³/mol. The van der Waals surface area contributed by atoms with E-state index in [-0.39, 0.29) is 46.6 Å². The zero-order chi connectivity index (χ0) is 27.7. The molecule has 1 aromatic carbocycles. The Morgan fingerprint density at radius 2 is 2.08 bits per heavy atom. The minimum absolute atomic E-state index is 0.0668. The molecular formula is C25H24ClF3N6O4. The number of carbonyl (C=O) groups excluding carboxylic acids is 1. The van der Waals surface area contributed by atoms with Crippen molar-refractivity contribution in [2.45, 2.75) is 31.2 Å². The number of piperidine rings is 1. The number of carbonyl (C=O) groups is 1. The highest BCUT2D eigenvalue weighted by Gasteiger charge is 2.39. The molecule has 0 spiro atoms. The predicted octanol–water partition coefficient (Wildman–Crippen LogP) is 3.96. The van der Waals surface area contributed by atoms with E-state index in [4.69, 9.17) is 21.4 Å². The molecule has 5 rings (SSSR count). The second-order valence-corrected chi connectivity index (χ2v) is 9.56. The van der Waals surface area contributed by atoms with Gasteiger partial charge in [-0.1, -0.05) is 23.7 Å². The molecule has 206 valence electrons. The maximum atomic E-state index is 13.6. The van der Waals surface area contributed by atoms with Gasteiger partial charge in [-0.05, 0) is 31.0 Å². The Bertz CT molecular complexity index is 1380. The first-order valence-corrected chi connectivity index (χ1v) is 12.5. The number of hydrogen-bond acceptors (Lipinski definition) is 8. The minimum Gasteiger partial charge on any atom is -0.475 e. The van der Waals surface area contributed by atoms with Crippen molar-refractivity contribution in [3.63, 3.8) is 0 Å². The number of rotatable bonds is 6. The molecule has 14 heteroatoms. The van der Waals surface area contributed by atoms with Crippen molar-refractivity contribution in [2.75, 3.05) is 41.4 Å². The number of pyridine rings is 1. The molecule has 0 saturated carbocycles. The van der Waals surface area contributed by atoms with Crippen molar-refractivity contribution in [3.05, 3.63) is 53.2 Å². The number of anilines is 3. The van der Waals surface area contributed by atoms with Gasteiger partial charge in [0, 0.05) is 30.9 Å². The summed E-state index contributed by atoms with van der Waals surface area (Å²) >= 11 is 6.52. The number of amides is 2. The van der Waals surface area contributed by atoms with Crippen molar-refractivity contribution in [1.29, 1.82) is 0 Å². The lowest BCUT2D eigenvalue weighted by molar-refractivity contribution is -0.137. The number of hydrogen-bond donors (Lipinski definition) is 3. The SMILES string of the molecule is O=C(Nc1nccc(OC[C@@H](O)CO)n1)N1c2nc(-c3cccc(C(F)(F)F)c3)c(Cl)cc2N2CCC[C@H]1C2. The van der Waals surface area contributed by atoms with Gasteiger partial charge in [0.1, 0.15) is 12.7 Å². The lowest BCUT2D eigenvalue weighted by atomic mass is 9.99. The third-order valence-corrected chi connectivity index (χ3v) is 6.72. The highest BCUT2D eigenvalue weighted by Crippen LogP contribution is 2.43. The van der Waals surface area contributed by atoms with Crippen LogP contribution in [0.2, 0.25) is 5.02 Å². The van der Waals surface area contributed by atoms with Crippen LogP contribution in [0.15, 0.2) is 42.6 Å². The second kappa shape index (κ2) is 10.8. The number of nitrogens with zero attached hydrogens (tertiary/aromatic N) is 5. The number of benzene rings is 1. The molecule has 1 fully saturated rings. The molecule has 4 heterocycles. The average molecular weight is 565 g/mol. The summed E-state index contributed by atoms with van der Waals surface area (Å²) in [7, 11) is 0. The molecular weight excluding hydrogens is 541 g/mol. The van der Waals surface area contributed by atoms with E-state index in [9.17, 15) is 23.1 Å². The van der Waals surface area contributed by atoms with Crippen LogP contribution >= 0.6 is 11.6 Å². The number of aliphatic hydroxyl groups excluding tert-OH is 2. The normalized spacial score (nSPS) is 17.4. The molecule has 2 atom stereocenters. The van der Waals surface area contributed by atoms with E-state index in [1.165, 1.54) is 29.3 Å². The Balaban J connectivity index is 1.48. The van der Waals surface area contributed by atoms with E-state index >= 15 is 0 Å². The van der Waals surface area contributed by atoms with Gasteiger partial charge in [0.15, 0.2) is 5.82 Å².